The molecule has 1 fully saturated rings. The number of fused-ring (bicyclic) bond motifs is 1. The molecule has 1 aromatic rings. The van der Waals surface area contributed by atoms with E-state index < -0.39 is 16.7 Å². The Hall–Kier alpha value is -3.30. The minimum Gasteiger partial charge on any atom is -0.353 e. The molecule has 10 nitrogen and oxygen atoms in total. The number of benzene rings is 1. The highest BCUT2D eigenvalue weighted by molar-refractivity contribution is 6.21. The SMILES string of the molecule is CC(C)CC(=O)N1CCC(NC(=O)CCCN2C(=O)c3ccc([N+](=O)[O-])cc3C2=O)CC1. The summed E-state index contributed by atoms with van der Waals surface area (Å²) >= 11 is 0. The number of carbonyl (C=O) groups excluding carboxylic acids is 4. The van der Waals surface area contributed by atoms with Gasteiger partial charge in [-0.15, -0.1) is 0 Å². The molecule has 1 aromatic carbocycles. The van der Waals surface area contributed by atoms with E-state index in [1.807, 2.05) is 18.7 Å². The Morgan fingerprint density at radius 2 is 1.81 bits per heavy atom. The quantitative estimate of drug-likeness (QED) is 0.371. The van der Waals surface area contributed by atoms with Crippen molar-refractivity contribution in [1.29, 1.82) is 0 Å². The summed E-state index contributed by atoms with van der Waals surface area (Å²) in [5.41, 5.74) is -0.0840. The first-order valence-electron chi connectivity index (χ1n) is 10.9. The molecule has 3 rings (SSSR count). The molecule has 0 saturated carbocycles. The number of amides is 4. The molecule has 2 aliphatic heterocycles. The lowest BCUT2D eigenvalue weighted by Gasteiger charge is -2.33. The third kappa shape index (κ3) is 5.30. The third-order valence-electron chi connectivity index (χ3n) is 5.75. The van der Waals surface area contributed by atoms with E-state index in [-0.39, 0.29) is 47.6 Å². The van der Waals surface area contributed by atoms with Gasteiger partial charge in [0.25, 0.3) is 17.5 Å². The second-order valence-electron chi connectivity index (χ2n) is 8.67. The van der Waals surface area contributed by atoms with Crippen LogP contribution < -0.4 is 5.32 Å². The molecule has 1 N–H and O–H groups in total. The van der Waals surface area contributed by atoms with Crippen LogP contribution >= 0.6 is 0 Å². The molecule has 2 heterocycles. The minimum atomic E-state index is -0.615. The van der Waals surface area contributed by atoms with Crippen molar-refractivity contribution in [3.05, 3.63) is 39.4 Å². The summed E-state index contributed by atoms with van der Waals surface area (Å²) in [6.45, 7) is 5.33. The molecule has 0 spiro atoms. The van der Waals surface area contributed by atoms with Crippen molar-refractivity contribution in [2.24, 2.45) is 5.92 Å². The van der Waals surface area contributed by atoms with Crippen LogP contribution in [0.25, 0.3) is 0 Å². The highest BCUT2D eigenvalue weighted by Crippen LogP contribution is 2.27. The van der Waals surface area contributed by atoms with E-state index in [2.05, 4.69) is 5.32 Å². The van der Waals surface area contributed by atoms with Gasteiger partial charge in [0.2, 0.25) is 11.8 Å². The van der Waals surface area contributed by atoms with Crippen molar-refractivity contribution in [3.63, 3.8) is 0 Å². The van der Waals surface area contributed by atoms with E-state index in [0.717, 1.165) is 11.0 Å². The van der Waals surface area contributed by atoms with Gasteiger partial charge in [0.15, 0.2) is 0 Å². The zero-order valence-electron chi connectivity index (χ0n) is 18.3. The van der Waals surface area contributed by atoms with Gasteiger partial charge in [-0.1, -0.05) is 13.8 Å². The summed E-state index contributed by atoms with van der Waals surface area (Å²) in [4.78, 5) is 62.5. The van der Waals surface area contributed by atoms with Gasteiger partial charge in [0.1, 0.15) is 0 Å². The lowest BCUT2D eigenvalue weighted by Crippen LogP contribution is -2.46. The zero-order chi connectivity index (χ0) is 23.4. The average molecular weight is 444 g/mol. The second kappa shape index (κ2) is 9.88. The Morgan fingerprint density at radius 3 is 2.44 bits per heavy atom. The van der Waals surface area contributed by atoms with Crippen molar-refractivity contribution in [2.45, 2.75) is 52.0 Å². The molecule has 0 aromatic heterocycles. The number of rotatable bonds is 8. The van der Waals surface area contributed by atoms with Crippen LogP contribution in [-0.4, -0.2) is 64.0 Å². The lowest BCUT2D eigenvalue weighted by molar-refractivity contribution is -0.384. The maximum Gasteiger partial charge on any atom is 0.270 e. The van der Waals surface area contributed by atoms with E-state index in [0.29, 0.717) is 44.7 Å². The van der Waals surface area contributed by atoms with E-state index in [9.17, 15) is 29.3 Å². The predicted molar refractivity (Wildman–Crippen MR) is 115 cm³/mol. The van der Waals surface area contributed by atoms with E-state index in [1.165, 1.54) is 12.1 Å². The highest BCUT2D eigenvalue weighted by atomic mass is 16.6. The molecule has 10 heteroatoms. The van der Waals surface area contributed by atoms with Crippen molar-refractivity contribution >= 4 is 29.3 Å². The van der Waals surface area contributed by atoms with Crippen LogP contribution in [0.15, 0.2) is 18.2 Å². The standard InChI is InChI=1S/C22H28N4O6/c1-14(2)12-20(28)24-10-7-15(8-11-24)23-19(27)4-3-9-25-21(29)17-6-5-16(26(31)32)13-18(17)22(25)30/h5-6,13-15H,3-4,7-12H2,1-2H3,(H,23,27). The number of hydrogen-bond donors (Lipinski definition) is 1. The van der Waals surface area contributed by atoms with Crippen LogP contribution in [-0.2, 0) is 9.59 Å². The molecular weight excluding hydrogens is 416 g/mol. The number of nitro benzene ring substituents is 1. The molecule has 32 heavy (non-hydrogen) atoms. The van der Waals surface area contributed by atoms with E-state index >= 15 is 0 Å². The fourth-order valence-electron chi connectivity index (χ4n) is 4.04. The first-order chi connectivity index (χ1) is 15.2. The van der Waals surface area contributed by atoms with Gasteiger partial charge >= 0.3 is 0 Å². The summed E-state index contributed by atoms with van der Waals surface area (Å²) < 4.78 is 0. The monoisotopic (exact) mass is 444 g/mol. The number of piperidine rings is 1. The smallest absolute Gasteiger partial charge is 0.270 e. The zero-order valence-corrected chi connectivity index (χ0v) is 18.3. The number of imide groups is 1. The highest BCUT2D eigenvalue weighted by Gasteiger charge is 2.36. The molecule has 0 radical (unpaired) electrons. The normalized spacial score (nSPS) is 16.5. The van der Waals surface area contributed by atoms with Crippen LogP contribution in [0.4, 0.5) is 5.69 Å². The Morgan fingerprint density at radius 1 is 1.16 bits per heavy atom. The Bertz CT molecular complexity index is 936. The van der Waals surface area contributed by atoms with Crippen LogP contribution in [0.1, 0.15) is 66.7 Å². The molecule has 0 unspecified atom stereocenters. The van der Waals surface area contributed by atoms with Gasteiger partial charge in [0.05, 0.1) is 16.1 Å². The number of likely N-dealkylation sites (tertiary alicyclic amines) is 1. The summed E-state index contributed by atoms with van der Waals surface area (Å²) in [6, 6.07) is 3.60. The Balaban J connectivity index is 1.43. The molecule has 172 valence electrons. The van der Waals surface area contributed by atoms with Crippen molar-refractivity contribution in [2.75, 3.05) is 19.6 Å². The number of nitro groups is 1. The Kier molecular flexibility index (Phi) is 7.22. The molecule has 0 aliphatic carbocycles. The van der Waals surface area contributed by atoms with Crippen molar-refractivity contribution in [1.82, 2.24) is 15.1 Å². The molecule has 4 amide bonds. The fourth-order valence-corrected chi connectivity index (χ4v) is 4.04. The first-order valence-corrected chi connectivity index (χ1v) is 10.9. The van der Waals surface area contributed by atoms with Gasteiger partial charge in [-0.2, -0.15) is 0 Å². The van der Waals surface area contributed by atoms with E-state index in [1.54, 1.807) is 0 Å². The topological polar surface area (TPSA) is 130 Å². The Labute approximate surface area is 186 Å². The summed E-state index contributed by atoms with van der Waals surface area (Å²) in [6.07, 6.45) is 2.38. The lowest BCUT2D eigenvalue weighted by atomic mass is 10.0. The third-order valence-corrected chi connectivity index (χ3v) is 5.75. The maximum absolute atomic E-state index is 12.5. The fraction of sp³-hybridized carbons (Fsp3) is 0.545. The van der Waals surface area contributed by atoms with Crippen molar-refractivity contribution in [3.8, 4) is 0 Å². The van der Waals surface area contributed by atoms with Crippen LogP contribution in [0, 0.1) is 16.0 Å². The van der Waals surface area contributed by atoms with Gasteiger partial charge in [0, 0.05) is 50.7 Å². The van der Waals surface area contributed by atoms with Gasteiger partial charge in [-0.25, -0.2) is 0 Å². The first kappa shape index (κ1) is 23.4. The summed E-state index contributed by atoms with van der Waals surface area (Å²) in [7, 11) is 0. The number of non-ortho nitro benzene ring substituents is 1. The maximum atomic E-state index is 12.5. The van der Waals surface area contributed by atoms with Gasteiger partial charge in [-0.05, 0) is 31.2 Å². The van der Waals surface area contributed by atoms with Gasteiger partial charge < -0.3 is 10.2 Å². The number of carbonyl (C=O) groups is 4. The number of hydrogen-bond acceptors (Lipinski definition) is 6. The van der Waals surface area contributed by atoms with Crippen LogP contribution in [0.5, 0.6) is 0 Å². The number of nitrogens with one attached hydrogen (secondary N) is 1. The molecular formula is C22H28N4O6. The minimum absolute atomic E-state index is 0.00505. The van der Waals surface area contributed by atoms with Crippen molar-refractivity contribution < 1.29 is 24.1 Å². The predicted octanol–water partition coefficient (Wildman–Crippen LogP) is 2.12. The second-order valence-corrected chi connectivity index (χ2v) is 8.67. The molecule has 1 saturated heterocycles. The average Bonchev–Trinajstić information content (AvgIpc) is 2.98. The largest absolute Gasteiger partial charge is 0.353 e. The number of nitrogens with zero attached hydrogens (tertiary/aromatic N) is 3. The molecule has 0 bridgehead atoms. The van der Waals surface area contributed by atoms with Gasteiger partial charge in [-0.3, -0.25) is 34.2 Å². The summed E-state index contributed by atoms with van der Waals surface area (Å²) in [5, 5.41) is 13.9. The van der Waals surface area contributed by atoms with E-state index in [4.69, 9.17) is 0 Å². The molecule has 2 aliphatic rings. The molecule has 0 atom stereocenters. The van der Waals surface area contributed by atoms with Crippen LogP contribution in [0.2, 0.25) is 0 Å². The van der Waals surface area contributed by atoms with Crippen LogP contribution in [0.3, 0.4) is 0 Å². The summed E-state index contributed by atoms with van der Waals surface area (Å²) in [5.74, 6) is -0.774.